The van der Waals surface area contributed by atoms with Crippen molar-refractivity contribution in [2.45, 2.75) is 0 Å². The first-order valence-corrected chi connectivity index (χ1v) is 2.29. The van der Waals surface area contributed by atoms with Crippen molar-refractivity contribution < 1.29 is 4.79 Å². The fourth-order valence-electron chi connectivity index (χ4n) is 0.227. The third kappa shape index (κ3) is 4.60. The highest BCUT2D eigenvalue weighted by molar-refractivity contribution is 5.77. The first-order chi connectivity index (χ1) is 4.31. The molecule has 0 saturated carbocycles. The lowest BCUT2D eigenvalue weighted by Gasteiger charge is -1.94. The van der Waals surface area contributed by atoms with Gasteiger partial charge in [-0.15, -0.1) is 0 Å². The van der Waals surface area contributed by atoms with Gasteiger partial charge in [0.05, 0.1) is 13.2 Å². The number of nitrogens with zero attached hydrogens (tertiary/aromatic N) is 3. The molecular formula is C3H7N5O. The Hall–Kier alpha value is -1.26. The first kappa shape index (κ1) is 7.74. The van der Waals surface area contributed by atoms with Crippen molar-refractivity contribution in [2.75, 3.05) is 13.2 Å². The molecule has 6 nitrogen and oxygen atoms in total. The van der Waals surface area contributed by atoms with E-state index in [-0.39, 0.29) is 19.1 Å². The van der Waals surface area contributed by atoms with E-state index in [2.05, 4.69) is 15.3 Å². The van der Waals surface area contributed by atoms with E-state index >= 15 is 0 Å². The Morgan fingerprint density at radius 1 is 1.89 bits per heavy atom. The monoisotopic (exact) mass is 129 g/mol. The van der Waals surface area contributed by atoms with Gasteiger partial charge in [0, 0.05) is 4.91 Å². The van der Waals surface area contributed by atoms with Crippen LogP contribution >= 0.6 is 0 Å². The molecule has 0 aliphatic carbocycles. The van der Waals surface area contributed by atoms with Gasteiger partial charge in [0.1, 0.15) is 0 Å². The molecule has 9 heavy (non-hydrogen) atoms. The molecular weight excluding hydrogens is 122 g/mol. The highest BCUT2D eigenvalue weighted by Crippen LogP contribution is 1.64. The minimum Gasteiger partial charge on any atom is -0.349 e. The highest BCUT2D eigenvalue weighted by atomic mass is 16.1. The molecule has 0 aliphatic heterocycles. The van der Waals surface area contributed by atoms with Crippen molar-refractivity contribution >= 4 is 5.91 Å². The predicted octanol–water partition coefficient (Wildman–Crippen LogP) is -0.671. The number of nitrogens with one attached hydrogen (secondary N) is 1. The van der Waals surface area contributed by atoms with Crippen molar-refractivity contribution in [1.82, 2.24) is 5.32 Å². The molecule has 0 radical (unpaired) electrons. The van der Waals surface area contributed by atoms with Gasteiger partial charge in [-0.05, 0) is 5.53 Å². The number of amides is 1. The Balaban J connectivity index is 3.27. The molecule has 50 valence electrons. The number of carbonyl (C=O) groups excluding carboxylic acids is 1. The maximum atomic E-state index is 10.3. The molecule has 3 N–H and O–H groups in total. The Morgan fingerprint density at radius 3 is 3.00 bits per heavy atom. The highest BCUT2D eigenvalue weighted by Gasteiger charge is 1.90. The topological polar surface area (TPSA) is 104 Å². The minimum atomic E-state index is -0.331. The fourth-order valence-corrected chi connectivity index (χ4v) is 0.227. The van der Waals surface area contributed by atoms with E-state index < -0.39 is 0 Å². The summed E-state index contributed by atoms with van der Waals surface area (Å²) < 4.78 is 0. The molecule has 0 unspecified atom stereocenters. The molecule has 0 aromatic heterocycles. The lowest BCUT2D eigenvalue weighted by atomic mass is 10.6. The fraction of sp³-hybridized carbons (Fsp3) is 0.667. The standard InChI is InChI=1S/C3H7N5O/c4-1-3(9)6-2-7-8-5/h1-2,4H2,(H,6,9). The van der Waals surface area contributed by atoms with Gasteiger partial charge >= 0.3 is 0 Å². The van der Waals surface area contributed by atoms with Crippen LogP contribution in [0, 0.1) is 0 Å². The summed E-state index contributed by atoms with van der Waals surface area (Å²) in [7, 11) is 0. The average Bonchev–Trinajstić information content (AvgIpc) is 1.89. The summed E-state index contributed by atoms with van der Waals surface area (Å²) in [5.74, 6) is -0.331. The minimum absolute atomic E-state index is 0.0352. The van der Waals surface area contributed by atoms with Gasteiger partial charge < -0.3 is 11.1 Å². The second-order valence-corrected chi connectivity index (χ2v) is 1.19. The maximum Gasteiger partial charge on any atom is 0.233 e. The number of nitrogens with two attached hydrogens (primary N) is 1. The van der Waals surface area contributed by atoms with Crippen LogP contribution in [-0.4, -0.2) is 19.1 Å². The van der Waals surface area contributed by atoms with E-state index in [9.17, 15) is 4.79 Å². The SMILES string of the molecule is [N-]=[N+]=NCNC(=O)CN. The zero-order valence-corrected chi connectivity index (χ0v) is 4.74. The largest absolute Gasteiger partial charge is 0.349 e. The Kier molecular flexibility index (Phi) is 4.20. The second kappa shape index (κ2) is 4.89. The van der Waals surface area contributed by atoms with Gasteiger partial charge in [-0.1, -0.05) is 5.11 Å². The van der Waals surface area contributed by atoms with Crippen LogP contribution in [0.15, 0.2) is 5.11 Å². The molecule has 0 aliphatic rings. The third-order valence-corrected chi connectivity index (χ3v) is 0.596. The first-order valence-electron chi connectivity index (χ1n) is 2.29. The summed E-state index contributed by atoms with van der Waals surface area (Å²) in [5.41, 5.74) is 12.6. The van der Waals surface area contributed by atoms with Gasteiger partial charge in [-0.2, -0.15) is 0 Å². The average molecular weight is 129 g/mol. The predicted molar refractivity (Wildman–Crippen MR) is 31.2 cm³/mol. The van der Waals surface area contributed by atoms with Crippen LogP contribution in [0.3, 0.4) is 0 Å². The van der Waals surface area contributed by atoms with Crippen LogP contribution in [0.5, 0.6) is 0 Å². The van der Waals surface area contributed by atoms with Crippen molar-refractivity contribution in [1.29, 1.82) is 0 Å². The number of rotatable bonds is 3. The lowest BCUT2D eigenvalue weighted by molar-refractivity contribution is -0.119. The summed E-state index contributed by atoms with van der Waals surface area (Å²) >= 11 is 0. The molecule has 6 heteroatoms. The molecule has 0 rings (SSSR count). The van der Waals surface area contributed by atoms with Crippen molar-refractivity contribution in [2.24, 2.45) is 10.8 Å². The van der Waals surface area contributed by atoms with Crippen LogP contribution in [0.2, 0.25) is 0 Å². The second-order valence-electron chi connectivity index (χ2n) is 1.19. The van der Waals surface area contributed by atoms with Crippen LogP contribution < -0.4 is 11.1 Å². The van der Waals surface area contributed by atoms with E-state index in [0.29, 0.717) is 0 Å². The summed E-state index contributed by atoms with van der Waals surface area (Å²) in [6, 6.07) is 0. The van der Waals surface area contributed by atoms with E-state index in [1.807, 2.05) is 0 Å². The number of hydrogen-bond acceptors (Lipinski definition) is 3. The van der Waals surface area contributed by atoms with E-state index in [1.54, 1.807) is 0 Å². The summed E-state index contributed by atoms with van der Waals surface area (Å²) in [4.78, 5) is 12.7. The van der Waals surface area contributed by atoms with Crippen molar-refractivity contribution in [3.05, 3.63) is 10.4 Å². The normalized spacial score (nSPS) is 7.67. The van der Waals surface area contributed by atoms with Gasteiger partial charge in [-0.3, -0.25) is 4.79 Å². The van der Waals surface area contributed by atoms with Gasteiger partial charge in [0.15, 0.2) is 0 Å². The van der Waals surface area contributed by atoms with E-state index in [0.717, 1.165) is 0 Å². The molecule has 0 heterocycles. The molecule has 0 atom stereocenters. The van der Waals surface area contributed by atoms with Crippen LogP contribution in [0.25, 0.3) is 10.4 Å². The molecule has 0 aromatic carbocycles. The van der Waals surface area contributed by atoms with Crippen molar-refractivity contribution in [3.63, 3.8) is 0 Å². The molecule has 0 fully saturated rings. The summed E-state index contributed by atoms with van der Waals surface area (Å²) in [6.45, 7) is -0.118. The quantitative estimate of drug-likeness (QED) is 0.299. The molecule has 0 saturated heterocycles. The number of azide groups is 1. The van der Waals surface area contributed by atoms with E-state index in [4.69, 9.17) is 11.3 Å². The zero-order valence-electron chi connectivity index (χ0n) is 4.74. The Morgan fingerprint density at radius 2 is 2.56 bits per heavy atom. The summed E-state index contributed by atoms with van der Waals surface area (Å²) in [5, 5.41) is 5.30. The zero-order chi connectivity index (χ0) is 7.11. The van der Waals surface area contributed by atoms with Crippen LogP contribution in [-0.2, 0) is 4.79 Å². The van der Waals surface area contributed by atoms with Gasteiger partial charge in [0.2, 0.25) is 5.91 Å². The van der Waals surface area contributed by atoms with Gasteiger partial charge in [-0.25, -0.2) is 0 Å². The smallest absolute Gasteiger partial charge is 0.233 e. The van der Waals surface area contributed by atoms with Crippen molar-refractivity contribution in [3.8, 4) is 0 Å². The molecule has 0 bridgehead atoms. The van der Waals surface area contributed by atoms with E-state index in [1.165, 1.54) is 0 Å². The molecule has 0 spiro atoms. The number of carbonyl (C=O) groups is 1. The van der Waals surface area contributed by atoms with Crippen LogP contribution in [0.1, 0.15) is 0 Å². The van der Waals surface area contributed by atoms with Gasteiger partial charge in [0.25, 0.3) is 0 Å². The molecule has 0 aromatic rings. The Bertz CT molecular complexity index is 137. The number of hydrogen-bond donors (Lipinski definition) is 2. The summed E-state index contributed by atoms with van der Waals surface area (Å²) in [6.07, 6.45) is 0. The maximum absolute atomic E-state index is 10.3. The third-order valence-electron chi connectivity index (χ3n) is 0.596. The molecule has 1 amide bonds. The van der Waals surface area contributed by atoms with Crippen LogP contribution in [0.4, 0.5) is 0 Å². The lowest BCUT2D eigenvalue weighted by Crippen LogP contribution is -2.29. The Labute approximate surface area is 51.7 Å².